The number of allylic oxidation sites excluding steroid dienone is 4. The molecular weight excluding hydrogens is 349 g/mol. The minimum absolute atomic E-state index is 0.380. The second-order valence-corrected chi connectivity index (χ2v) is 7.65. The topological polar surface area (TPSA) is 3.24 Å². The minimum Gasteiger partial charge on any atom is -0.369 e. The third kappa shape index (κ3) is 7.30. The highest BCUT2D eigenvalue weighted by atomic mass is 35.5. The molecule has 1 aromatic rings. The lowest BCUT2D eigenvalue weighted by molar-refractivity contribution is 0.317. The summed E-state index contributed by atoms with van der Waals surface area (Å²) >= 11 is 13.0. The Morgan fingerprint density at radius 3 is 2.32 bits per heavy atom. The van der Waals surface area contributed by atoms with Crippen LogP contribution >= 0.6 is 23.2 Å². The van der Waals surface area contributed by atoms with Crippen molar-refractivity contribution in [3.05, 3.63) is 70.4 Å². The van der Waals surface area contributed by atoms with E-state index in [9.17, 15) is 0 Å². The Kier molecular flexibility index (Phi) is 10.0. The Bertz CT molecular complexity index is 587. The van der Waals surface area contributed by atoms with Crippen LogP contribution in [0.5, 0.6) is 0 Å². The van der Waals surface area contributed by atoms with Crippen LogP contribution in [0.15, 0.2) is 64.8 Å². The first-order chi connectivity index (χ1) is 11.9. The van der Waals surface area contributed by atoms with Gasteiger partial charge in [-0.2, -0.15) is 0 Å². The lowest BCUT2D eigenvalue weighted by atomic mass is 10.00. The first-order valence-electron chi connectivity index (χ1n) is 9.04. The molecule has 1 unspecified atom stereocenters. The highest BCUT2D eigenvalue weighted by Gasteiger charge is 2.19. The predicted molar refractivity (Wildman–Crippen MR) is 113 cm³/mol. The maximum absolute atomic E-state index is 6.50. The second kappa shape index (κ2) is 11.4. The fraction of sp³-hybridized carbons (Fsp3) is 0.455. The summed E-state index contributed by atoms with van der Waals surface area (Å²) in [4.78, 5) is 2.31. The maximum Gasteiger partial charge on any atom is 0.0741 e. The molecule has 3 heteroatoms. The van der Waals surface area contributed by atoms with Gasteiger partial charge in [-0.25, -0.2) is 0 Å². The monoisotopic (exact) mass is 379 g/mol. The molecule has 0 spiro atoms. The van der Waals surface area contributed by atoms with E-state index in [4.69, 9.17) is 23.2 Å². The standard InChI is InChI=1S/C22H31Cl2N/c1-6-20(23)22(21(24)7-2)25(15-11-12-17(3)4)16-18(5)19-13-9-8-10-14-19/h6-10,13-14,17-18H,1,11-12,15-16H2,2-5H3/b21-7+,22-20-. The van der Waals surface area contributed by atoms with Gasteiger partial charge in [-0.1, -0.05) is 87.0 Å². The van der Waals surface area contributed by atoms with Crippen molar-refractivity contribution in [2.24, 2.45) is 5.92 Å². The summed E-state index contributed by atoms with van der Waals surface area (Å²) in [6.45, 7) is 14.3. The van der Waals surface area contributed by atoms with E-state index in [1.165, 1.54) is 12.0 Å². The van der Waals surface area contributed by atoms with Gasteiger partial charge in [-0.3, -0.25) is 0 Å². The molecular formula is C22H31Cl2N. The van der Waals surface area contributed by atoms with E-state index in [1.807, 2.05) is 19.1 Å². The number of halogens is 2. The van der Waals surface area contributed by atoms with E-state index in [0.717, 1.165) is 25.2 Å². The Morgan fingerprint density at radius 2 is 1.80 bits per heavy atom. The second-order valence-electron chi connectivity index (χ2n) is 6.83. The largest absolute Gasteiger partial charge is 0.369 e. The fourth-order valence-corrected chi connectivity index (χ4v) is 3.34. The van der Waals surface area contributed by atoms with Crippen LogP contribution < -0.4 is 0 Å². The Hall–Kier alpha value is -1.18. The van der Waals surface area contributed by atoms with Crippen LogP contribution in [-0.2, 0) is 0 Å². The van der Waals surface area contributed by atoms with E-state index < -0.39 is 0 Å². The quantitative estimate of drug-likeness (QED) is 0.385. The summed E-state index contributed by atoms with van der Waals surface area (Å²) in [6, 6.07) is 10.6. The number of benzene rings is 1. The smallest absolute Gasteiger partial charge is 0.0741 e. The Labute approximate surface area is 164 Å². The normalized spacial score (nSPS) is 14.3. The molecule has 0 heterocycles. The molecule has 1 rings (SSSR count). The van der Waals surface area contributed by atoms with Gasteiger partial charge in [-0.15, -0.1) is 0 Å². The van der Waals surface area contributed by atoms with Gasteiger partial charge in [0.15, 0.2) is 0 Å². The van der Waals surface area contributed by atoms with Gasteiger partial charge in [0.05, 0.1) is 15.8 Å². The molecule has 0 bridgehead atoms. The van der Waals surface area contributed by atoms with Crippen LogP contribution in [0.25, 0.3) is 0 Å². The van der Waals surface area contributed by atoms with Crippen molar-refractivity contribution in [3.8, 4) is 0 Å². The first-order valence-corrected chi connectivity index (χ1v) is 9.80. The summed E-state index contributed by atoms with van der Waals surface area (Å²) < 4.78 is 0. The molecule has 0 aliphatic rings. The van der Waals surface area contributed by atoms with Gasteiger partial charge in [0.1, 0.15) is 0 Å². The van der Waals surface area contributed by atoms with Gasteiger partial charge < -0.3 is 4.90 Å². The van der Waals surface area contributed by atoms with Crippen molar-refractivity contribution < 1.29 is 0 Å². The van der Waals surface area contributed by atoms with Crippen LogP contribution in [-0.4, -0.2) is 18.0 Å². The third-order valence-corrected chi connectivity index (χ3v) is 5.00. The van der Waals surface area contributed by atoms with E-state index in [1.54, 1.807) is 6.08 Å². The van der Waals surface area contributed by atoms with E-state index >= 15 is 0 Å². The lowest BCUT2D eigenvalue weighted by Gasteiger charge is -2.31. The van der Waals surface area contributed by atoms with Crippen LogP contribution in [0.3, 0.4) is 0 Å². The zero-order valence-electron chi connectivity index (χ0n) is 15.9. The maximum atomic E-state index is 6.50. The molecule has 0 N–H and O–H groups in total. The van der Waals surface area contributed by atoms with Gasteiger partial charge in [-0.05, 0) is 43.2 Å². The van der Waals surface area contributed by atoms with Crippen molar-refractivity contribution in [2.75, 3.05) is 13.1 Å². The zero-order valence-corrected chi connectivity index (χ0v) is 17.4. The minimum atomic E-state index is 0.380. The highest BCUT2D eigenvalue weighted by Crippen LogP contribution is 2.29. The molecule has 0 aromatic heterocycles. The van der Waals surface area contributed by atoms with E-state index in [0.29, 0.717) is 21.9 Å². The summed E-state index contributed by atoms with van der Waals surface area (Å²) in [5.41, 5.74) is 2.20. The number of hydrogen-bond donors (Lipinski definition) is 0. The van der Waals surface area contributed by atoms with Gasteiger partial charge in [0.25, 0.3) is 0 Å². The third-order valence-electron chi connectivity index (χ3n) is 4.27. The van der Waals surface area contributed by atoms with E-state index in [-0.39, 0.29) is 0 Å². The fourth-order valence-electron chi connectivity index (χ4n) is 2.85. The average molecular weight is 380 g/mol. The molecule has 0 aliphatic carbocycles. The van der Waals surface area contributed by atoms with Crippen LogP contribution in [0.4, 0.5) is 0 Å². The predicted octanol–water partition coefficient (Wildman–Crippen LogP) is 7.31. The van der Waals surface area contributed by atoms with Crippen molar-refractivity contribution in [3.63, 3.8) is 0 Å². The van der Waals surface area contributed by atoms with Gasteiger partial charge in [0, 0.05) is 13.1 Å². The van der Waals surface area contributed by atoms with Crippen molar-refractivity contribution >= 4 is 23.2 Å². The summed E-state index contributed by atoms with van der Waals surface area (Å²) in [5.74, 6) is 1.07. The zero-order chi connectivity index (χ0) is 18.8. The SMILES string of the molecule is C=C/C(Cl)=C(\C(Cl)=C/C)N(CCCC(C)C)CC(C)c1ccccc1. The first kappa shape index (κ1) is 21.9. The molecule has 0 saturated carbocycles. The lowest BCUT2D eigenvalue weighted by Crippen LogP contribution is -2.29. The molecule has 1 nitrogen and oxygen atoms in total. The molecule has 25 heavy (non-hydrogen) atoms. The molecule has 0 radical (unpaired) electrons. The summed E-state index contributed by atoms with van der Waals surface area (Å²) in [6.07, 6.45) is 5.86. The summed E-state index contributed by atoms with van der Waals surface area (Å²) in [5, 5.41) is 1.28. The van der Waals surface area contributed by atoms with Crippen molar-refractivity contribution in [2.45, 2.75) is 46.5 Å². The van der Waals surface area contributed by atoms with Crippen LogP contribution in [0, 0.1) is 5.92 Å². The van der Waals surface area contributed by atoms with Gasteiger partial charge in [0.2, 0.25) is 0 Å². The number of nitrogens with zero attached hydrogens (tertiary/aromatic N) is 1. The van der Waals surface area contributed by atoms with Gasteiger partial charge >= 0.3 is 0 Å². The molecule has 0 amide bonds. The highest BCUT2D eigenvalue weighted by molar-refractivity contribution is 6.36. The summed E-state index contributed by atoms with van der Waals surface area (Å²) in [7, 11) is 0. The van der Waals surface area contributed by atoms with Crippen LogP contribution in [0.1, 0.15) is 52.0 Å². The number of rotatable bonds is 10. The van der Waals surface area contributed by atoms with Crippen molar-refractivity contribution in [1.29, 1.82) is 0 Å². The molecule has 138 valence electrons. The van der Waals surface area contributed by atoms with Crippen LogP contribution in [0.2, 0.25) is 0 Å². The molecule has 0 fully saturated rings. The molecule has 0 saturated heterocycles. The van der Waals surface area contributed by atoms with E-state index in [2.05, 4.69) is 56.5 Å². The molecule has 0 aliphatic heterocycles. The molecule has 1 atom stereocenters. The number of hydrogen-bond acceptors (Lipinski definition) is 1. The molecule has 1 aromatic carbocycles. The van der Waals surface area contributed by atoms with Crippen molar-refractivity contribution in [1.82, 2.24) is 4.90 Å². The average Bonchev–Trinajstić information content (AvgIpc) is 2.61. The Balaban J connectivity index is 3.07. The Morgan fingerprint density at radius 1 is 1.16 bits per heavy atom.